The number of amides is 1. The van der Waals surface area contributed by atoms with Crippen LogP contribution >= 0.6 is 11.8 Å². The Hall–Kier alpha value is -3.20. The first kappa shape index (κ1) is 22.0. The largest absolute Gasteiger partial charge is 0.497 e. The lowest BCUT2D eigenvalue weighted by molar-refractivity contribution is -0.118. The number of hydrogen-bond acceptors (Lipinski definition) is 7. The Labute approximate surface area is 191 Å². The number of fused-ring (bicyclic) bond motifs is 1. The lowest BCUT2D eigenvalue weighted by Gasteiger charge is -2.10. The highest BCUT2D eigenvalue weighted by molar-refractivity contribution is 7.99. The van der Waals surface area contributed by atoms with Crippen molar-refractivity contribution in [1.82, 2.24) is 20.1 Å². The van der Waals surface area contributed by atoms with Gasteiger partial charge in [-0.1, -0.05) is 31.2 Å². The third-order valence-electron chi connectivity index (χ3n) is 5.06. The van der Waals surface area contributed by atoms with Gasteiger partial charge in [0.1, 0.15) is 5.75 Å². The molecule has 0 bridgehead atoms. The number of benzene rings is 2. The van der Waals surface area contributed by atoms with Crippen molar-refractivity contribution in [2.75, 3.05) is 19.7 Å². The Kier molecular flexibility index (Phi) is 7.16. The average Bonchev–Trinajstić information content (AvgIpc) is 3.46. The molecule has 0 aliphatic carbocycles. The summed E-state index contributed by atoms with van der Waals surface area (Å²) < 4.78 is 18.0. The first-order chi connectivity index (χ1) is 15.7. The topological polar surface area (TPSA) is 87.5 Å². The molecule has 1 aliphatic rings. The van der Waals surface area contributed by atoms with E-state index < -0.39 is 0 Å². The molecule has 0 saturated carbocycles. The molecule has 1 aromatic heterocycles. The van der Waals surface area contributed by atoms with E-state index in [9.17, 15) is 4.79 Å². The maximum Gasteiger partial charge on any atom is 0.231 e. The number of rotatable bonds is 10. The summed E-state index contributed by atoms with van der Waals surface area (Å²) in [6, 6.07) is 13.4. The molecule has 2 aromatic carbocycles. The zero-order chi connectivity index (χ0) is 22.3. The standard InChI is InChI=1S/C23H26N4O4S/c1-3-4-11-27-22(17-6-8-18(29-2)9-7-17)25-26-23(27)32-14-21(28)24-13-16-5-10-19-20(12-16)31-15-30-19/h5-10,12H,3-4,11,13-15H2,1-2H3,(H,24,28). The van der Waals surface area contributed by atoms with Gasteiger partial charge in [-0.2, -0.15) is 0 Å². The molecule has 1 amide bonds. The second kappa shape index (κ2) is 10.4. The third-order valence-corrected chi connectivity index (χ3v) is 6.03. The molecule has 0 saturated heterocycles. The van der Waals surface area contributed by atoms with Crippen LogP contribution in [0.5, 0.6) is 17.2 Å². The van der Waals surface area contributed by atoms with E-state index in [0.717, 1.165) is 53.0 Å². The summed E-state index contributed by atoms with van der Waals surface area (Å²) in [6.45, 7) is 3.61. The number of ether oxygens (including phenoxy) is 3. The van der Waals surface area contributed by atoms with E-state index >= 15 is 0 Å². The van der Waals surface area contributed by atoms with Gasteiger partial charge in [0.2, 0.25) is 12.7 Å². The molecule has 0 fully saturated rings. The molecular formula is C23H26N4O4S. The summed E-state index contributed by atoms with van der Waals surface area (Å²) in [4.78, 5) is 12.4. The van der Waals surface area contributed by atoms with Crippen molar-refractivity contribution in [3.8, 4) is 28.6 Å². The number of carbonyl (C=O) groups excluding carboxylic acids is 1. The number of thioether (sulfide) groups is 1. The van der Waals surface area contributed by atoms with E-state index in [4.69, 9.17) is 14.2 Å². The Bertz CT molecular complexity index is 1070. The van der Waals surface area contributed by atoms with Gasteiger partial charge in [-0.3, -0.25) is 4.79 Å². The van der Waals surface area contributed by atoms with E-state index in [1.807, 2.05) is 42.5 Å². The summed E-state index contributed by atoms with van der Waals surface area (Å²) in [6.07, 6.45) is 2.06. The fraction of sp³-hybridized carbons (Fsp3) is 0.348. The summed E-state index contributed by atoms with van der Waals surface area (Å²) in [5.74, 6) is 3.23. The number of nitrogens with zero attached hydrogens (tertiary/aromatic N) is 3. The van der Waals surface area contributed by atoms with Crippen LogP contribution in [-0.4, -0.2) is 40.3 Å². The van der Waals surface area contributed by atoms with Gasteiger partial charge in [0.15, 0.2) is 22.5 Å². The number of nitrogens with one attached hydrogen (secondary N) is 1. The molecule has 1 N–H and O–H groups in total. The predicted molar refractivity (Wildman–Crippen MR) is 122 cm³/mol. The Morgan fingerprint density at radius 1 is 1.16 bits per heavy atom. The molecule has 0 atom stereocenters. The van der Waals surface area contributed by atoms with Crippen molar-refractivity contribution < 1.29 is 19.0 Å². The smallest absolute Gasteiger partial charge is 0.231 e. The van der Waals surface area contributed by atoms with Crippen molar-refractivity contribution >= 4 is 17.7 Å². The van der Waals surface area contributed by atoms with Crippen LogP contribution in [0, 0.1) is 0 Å². The van der Waals surface area contributed by atoms with Crippen LogP contribution in [0.1, 0.15) is 25.3 Å². The van der Waals surface area contributed by atoms with Gasteiger partial charge in [-0.15, -0.1) is 10.2 Å². The Morgan fingerprint density at radius 2 is 1.97 bits per heavy atom. The van der Waals surface area contributed by atoms with Crippen LogP contribution in [0.15, 0.2) is 47.6 Å². The second-order valence-electron chi connectivity index (χ2n) is 7.29. The highest BCUT2D eigenvalue weighted by Gasteiger charge is 2.16. The molecule has 3 aromatic rings. The fourth-order valence-corrected chi connectivity index (χ4v) is 4.09. The van der Waals surface area contributed by atoms with Crippen LogP contribution in [0.4, 0.5) is 0 Å². The van der Waals surface area contributed by atoms with E-state index in [2.05, 4.69) is 27.0 Å². The van der Waals surface area contributed by atoms with E-state index in [-0.39, 0.29) is 18.5 Å². The molecule has 0 unspecified atom stereocenters. The summed E-state index contributed by atoms with van der Waals surface area (Å²) >= 11 is 1.39. The van der Waals surface area contributed by atoms with Crippen LogP contribution in [0.2, 0.25) is 0 Å². The van der Waals surface area contributed by atoms with E-state index in [0.29, 0.717) is 12.3 Å². The van der Waals surface area contributed by atoms with Crippen molar-refractivity contribution in [1.29, 1.82) is 0 Å². The highest BCUT2D eigenvalue weighted by atomic mass is 32.2. The summed E-state index contributed by atoms with van der Waals surface area (Å²) in [7, 11) is 1.64. The number of methoxy groups -OCH3 is 1. The number of carbonyl (C=O) groups is 1. The first-order valence-electron chi connectivity index (χ1n) is 10.5. The minimum Gasteiger partial charge on any atom is -0.497 e. The van der Waals surface area contributed by atoms with Crippen LogP contribution < -0.4 is 19.5 Å². The molecule has 0 radical (unpaired) electrons. The molecule has 4 rings (SSSR count). The van der Waals surface area contributed by atoms with Gasteiger partial charge in [0.25, 0.3) is 0 Å². The van der Waals surface area contributed by atoms with Gasteiger partial charge in [-0.25, -0.2) is 0 Å². The zero-order valence-electron chi connectivity index (χ0n) is 18.2. The fourth-order valence-electron chi connectivity index (χ4n) is 3.30. The molecule has 9 heteroatoms. The minimum absolute atomic E-state index is 0.0660. The maximum atomic E-state index is 12.4. The maximum absolute atomic E-state index is 12.4. The highest BCUT2D eigenvalue weighted by Crippen LogP contribution is 2.32. The molecule has 1 aliphatic heterocycles. The van der Waals surface area contributed by atoms with Crippen molar-refractivity contribution in [2.45, 2.75) is 38.0 Å². The Balaban J connectivity index is 1.38. The summed E-state index contributed by atoms with van der Waals surface area (Å²) in [5.41, 5.74) is 1.93. The van der Waals surface area contributed by atoms with Gasteiger partial charge in [-0.05, 0) is 48.4 Å². The van der Waals surface area contributed by atoms with E-state index in [1.54, 1.807) is 7.11 Å². The molecule has 0 spiro atoms. The molecule has 2 heterocycles. The molecular weight excluding hydrogens is 428 g/mol. The van der Waals surface area contributed by atoms with Gasteiger partial charge < -0.3 is 24.1 Å². The van der Waals surface area contributed by atoms with Crippen LogP contribution in [-0.2, 0) is 17.9 Å². The van der Waals surface area contributed by atoms with Crippen LogP contribution in [0.25, 0.3) is 11.4 Å². The molecule has 8 nitrogen and oxygen atoms in total. The van der Waals surface area contributed by atoms with Gasteiger partial charge >= 0.3 is 0 Å². The minimum atomic E-state index is -0.0660. The quantitative estimate of drug-likeness (QED) is 0.465. The lowest BCUT2D eigenvalue weighted by Crippen LogP contribution is -2.24. The lowest BCUT2D eigenvalue weighted by atomic mass is 10.2. The summed E-state index contributed by atoms with van der Waals surface area (Å²) in [5, 5.41) is 12.4. The normalized spacial score (nSPS) is 12.1. The van der Waals surface area contributed by atoms with Gasteiger partial charge in [0, 0.05) is 18.7 Å². The number of aromatic nitrogens is 3. The average molecular weight is 455 g/mol. The molecule has 32 heavy (non-hydrogen) atoms. The van der Waals surface area contributed by atoms with Crippen molar-refractivity contribution in [3.63, 3.8) is 0 Å². The van der Waals surface area contributed by atoms with E-state index in [1.165, 1.54) is 11.8 Å². The Morgan fingerprint density at radius 3 is 2.75 bits per heavy atom. The monoisotopic (exact) mass is 454 g/mol. The van der Waals surface area contributed by atoms with Gasteiger partial charge in [0.05, 0.1) is 12.9 Å². The predicted octanol–water partition coefficient (Wildman–Crippen LogP) is 3.89. The number of unbranched alkanes of at least 4 members (excludes halogenated alkanes) is 1. The van der Waals surface area contributed by atoms with Crippen molar-refractivity contribution in [3.05, 3.63) is 48.0 Å². The third kappa shape index (κ3) is 5.16. The SMILES string of the molecule is CCCCn1c(SCC(=O)NCc2ccc3c(c2)OCO3)nnc1-c1ccc(OC)cc1. The van der Waals surface area contributed by atoms with Crippen LogP contribution in [0.3, 0.4) is 0 Å². The van der Waals surface area contributed by atoms with Crippen molar-refractivity contribution in [2.24, 2.45) is 0 Å². The zero-order valence-corrected chi connectivity index (χ0v) is 19.0. The second-order valence-corrected chi connectivity index (χ2v) is 8.24. The number of hydrogen-bond donors (Lipinski definition) is 1. The molecule has 168 valence electrons. The first-order valence-corrected chi connectivity index (χ1v) is 11.5.